The molecule has 5 heteroatoms. The second-order valence-electron chi connectivity index (χ2n) is 4.47. The third-order valence-electron chi connectivity index (χ3n) is 2.84. The van der Waals surface area contributed by atoms with Crippen molar-refractivity contribution in [2.45, 2.75) is 13.8 Å². The van der Waals surface area contributed by atoms with Gasteiger partial charge in [-0.15, -0.1) is 0 Å². The maximum atomic E-state index is 6.21. The molecule has 0 aliphatic heterocycles. The van der Waals surface area contributed by atoms with Gasteiger partial charge in [0.05, 0.1) is 5.69 Å². The van der Waals surface area contributed by atoms with E-state index in [-0.39, 0.29) is 0 Å². The Kier molecular flexibility index (Phi) is 3.68. The summed E-state index contributed by atoms with van der Waals surface area (Å²) in [5.41, 5.74) is 3.94. The summed E-state index contributed by atoms with van der Waals surface area (Å²) in [4.78, 5) is 4.41. The largest absolute Gasteiger partial charge is 0.316 e. The number of hydrogen-bond acceptors (Lipinski definition) is 3. The molecule has 1 N–H and O–H groups in total. The molecule has 2 aromatic rings. The van der Waals surface area contributed by atoms with Gasteiger partial charge in [-0.1, -0.05) is 23.3 Å². The van der Waals surface area contributed by atoms with Gasteiger partial charge in [-0.2, -0.15) is 5.10 Å². The highest BCUT2D eigenvalue weighted by Gasteiger charge is 2.10. The van der Waals surface area contributed by atoms with Crippen molar-refractivity contribution in [1.82, 2.24) is 20.1 Å². The maximum Gasteiger partial charge on any atom is 0.159 e. The summed E-state index contributed by atoms with van der Waals surface area (Å²) in [6.45, 7) is 4.87. The van der Waals surface area contributed by atoms with E-state index in [4.69, 9.17) is 11.6 Å². The first-order chi connectivity index (χ1) is 8.52. The van der Waals surface area contributed by atoms with Crippen LogP contribution >= 0.6 is 11.6 Å². The lowest BCUT2D eigenvalue weighted by atomic mass is 10.1. The van der Waals surface area contributed by atoms with E-state index in [0.29, 0.717) is 5.15 Å². The predicted octanol–water partition coefficient (Wildman–Crippen LogP) is 2.55. The van der Waals surface area contributed by atoms with Crippen molar-refractivity contribution in [3.63, 3.8) is 0 Å². The lowest BCUT2D eigenvalue weighted by Crippen LogP contribution is -2.08. The lowest BCUT2D eigenvalue weighted by Gasteiger charge is -2.03. The second kappa shape index (κ2) is 5.08. The molecule has 0 radical (unpaired) electrons. The van der Waals surface area contributed by atoms with Gasteiger partial charge in [0.15, 0.2) is 5.65 Å². The molecule has 2 heterocycles. The van der Waals surface area contributed by atoms with Crippen molar-refractivity contribution < 1.29 is 0 Å². The van der Waals surface area contributed by atoms with Crippen LogP contribution in [0.15, 0.2) is 11.6 Å². The van der Waals surface area contributed by atoms with Gasteiger partial charge in [-0.3, -0.25) is 4.68 Å². The highest BCUT2D eigenvalue weighted by atomic mass is 35.5. The summed E-state index contributed by atoms with van der Waals surface area (Å²) in [6.07, 6.45) is 2.05. The van der Waals surface area contributed by atoms with E-state index in [2.05, 4.69) is 28.4 Å². The highest BCUT2D eigenvalue weighted by Crippen LogP contribution is 2.24. The summed E-state index contributed by atoms with van der Waals surface area (Å²) in [6, 6.07) is 2.05. The van der Waals surface area contributed by atoms with Gasteiger partial charge >= 0.3 is 0 Å². The Morgan fingerprint density at radius 2 is 2.28 bits per heavy atom. The topological polar surface area (TPSA) is 42.7 Å². The number of fused-ring (bicyclic) bond motifs is 1. The van der Waals surface area contributed by atoms with Gasteiger partial charge < -0.3 is 5.32 Å². The number of aryl methyl sites for hydroxylation is 2. The molecule has 0 saturated heterocycles. The molecule has 18 heavy (non-hydrogen) atoms. The van der Waals surface area contributed by atoms with Crippen LogP contribution in [0.1, 0.15) is 18.2 Å². The molecule has 0 atom stereocenters. The molecule has 2 aromatic heterocycles. The molecule has 0 amide bonds. The minimum Gasteiger partial charge on any atom is -0.316 e. The van der Waals surface area contributed by atoms with Crippen LogP contribution in [-0.4, -0.2) is 28.4 Å². The predicted molar refractivity (Wildman–Crippen MR) is 75.8 cm³/mol. The molecule has 0 bridgehead atoms. The molecule has 96 valence electrons. The number of likely N-dealkylation sites (N-methyl/N-ethyl adjacent to an activating group) is 1. The van der Waals surface area contributed by atoms with E-state index >= 15 is 0 Å². The fraction of sp³-hybridized carbons (Fsp3) is 0.385. The zero-order valence-corrected chi connectivity index (χ0v) is 11.8. The van der Waals surface area contributed by atoms with Crippen molar-refractivity contribution in [2.24, 2.45) is 7.05 Å². The van der Waals surface area contributed by atoms with E-state index < -0.39 is 0 Å². The average Bonchev–Trinajstić information content (AvgIpc) is 2.56. The number of pyridine rings is 1. The van der Waals surface area contributed by atoms with Crippen LogP contribution in [0.4, 0.5) is 0 Å². The number of nitrogens with zero attached hydrogens (tertiary/aromatic N) is 3. The van der Waals surface area contributed by atoms with Crippen LogP contribution in [0.3, 0.4) is 0 Å². The Hall–Kier alpha value is -1.39. The third-order valence-corrected chi connectivity index (χ3v) is 3.14. The molecule has 0 spiro atoms. The molecular weight excluding hydrogens is 248 g/mol. The van der Waals surface area contributed by atoms with Crippen LogP contribution < -0.4 is 5.32 Å². The summed E-state index contributed by atoms with van der Waals surface area (Å²) in [5, 5.41) is 9.02. The third kappa shape index (κ3) is 2.40. The number of rotatable bonds is 3. The molecule has 0 unspecified atom stereocenters. The Balaban J connectivity index is 2.55. The Morgan fingerprint density at radius 1 is 1.56 bits per heavy atom. The normalized spacial score (nSPS) is 12.4. The van der Waals surface area contributed by atoms with E-state index in [9.17, 15) is 0 Å². The van der Waals surface area contributed by atoms with E-state index in [1.165, 1.54) is 5.57 Å². The van der Waals surface area contributed by atoms with Gasteiger partial charge in [0.25, 0.3) is 0 Å². The Morgan fingerprint density at radius 3 is 2.94 bits per heavy atom. The number of nitrogens with one attached hydrogen (secondary N) is 1. The molecular formula is C13H17ClN4. The molecule has 2 rings (SSSR count). The molecule has 0 aliphatic rings. The molecule has 4 nitrogen and oxygen atoms in total. The first-order valence-corrected chi connectivity index (χ1v) is 6.22. The van der Waals surface area contributed by atoms with Gasteiger partial charge in [0.2, 0.25) is 0 Å². The molecule has 0 saturated carbocycles. The van der Waals surface area contributed by atoms with E-state index in [1.54, 1.807) is 4.68 Å². The fourth-order valence-electron chi connectivity index (χ4n) is 2.03. The van der Waals surface area contributed by atoms with Crippen LogP contribution in [-0.2, 0) is 7.05 Å². The SMILES string of the molecule is CNCC(C)=Cc1cc2c(C)nn(C)c2nc1Cl. The quantitative estimate of drug-likeness (QED) is 0.867. The first-order valence-electron chi connectivity index (χ1n) is 5.84. The molecule has 0 aromatic carbocycles. The van der Waals surface area contributed by atoms with Crippen LogP contribution in [0.25, 0.3) is 17.1 Å². The van der Waals surface area contributed by atoms with E-state index in [1.807, 2.05) is 27.1 Å². The Bertz CT molecular complexity index is 613. The molecule has 0 aliphatic carbocycles. The Labute approximate surface area is 112 Å². The second-order valence-corrected chi connectivity index (χ2v) is 4.83. The number of hydrogen-bond donors (Lipinski definition) is 1. The van der Waals surface area contributed by atoms with Crippen LogP contribution in [0.2, 0.25) is 5.15 Å². The van der Waals surface area contributed by atoms with Crippen molar-refractivity contribution in [2.75, 3.05) is 13.6 Å². The average molecular weight is 265 g/mol. The van der Waals surface area contributed by atoms with Crippen LogP contribution in [0, 0.1) is 6.92 Å². The summed E-state index contributed by atoms with van der Waals surface area (Å²) in [7, 11) is 3.80. The van der Waals surface area contributed by atoms with Crippen molar-refractivity contribution in [3.05, 3.63) is 28.0 Å². The summed E-state index contributed by atoms with van der Waals surface area (Å²) in [5.74, 6) is 0. The lowest BCUT2D eigenvalue weighted by molar-refractivity contribution is 0.774. The first kappa shape index (κ1) is 13.1. The highest BCUT2D eigenvalue weighted by molar-refractivity contribution is 6.31. The van der Waals surface area contributed by atoms with Crippen molar-refractivity contribution in [1.29, 1.82) is 0 Å². The maximum absolute atomic E-state index is 6.21. The number of aromatic nitrogens is 3. The monoisotopic (exact) mass is 264 g/mol. The summed E-state index contributed by atoms with van der Waals surface area (Å²) < 4.78 is 1.75. The number of halogens is 1. The van der Waals surface area contributed by atoms with Crippen molar-refractivity contribution >= 4 is 28.7 Å². The van der Waals surface area contributed by atoms with Crippen LogP contribution in [0.5, 0.6) is 0 Å². The summed E-state index contributed by atoms with van der Waals surface area (Å²) >= 11 is 6.21. The van der Waals surface area contributed by atoms with Gasteiger partial charge in [0.1, 0.15) is 5.15 Å². The molecule has 0 fully saturated rings. The zero-order valence-electron chi connectivity index (χ0n) is 11.1. The minimum atomic E-state index is 0.515. The smallest absolute Gasteiger partial charge is 0.159 e. The van der Waals surface area contributed by atoms with E-state index in [0.717, 1.165) is 28.8 Å². The zero-order chi connectivity index (χ0) is 13.3. The fourth-order valence-corrected chi connectivity index (χ4v) is 2.22. The van der Waals surface area contributed by atoms with Gasteiger partial charge in [0, 0.05) is 24.5 Å². The van der Waals surface area contributed by atoms with Gasteiger partial charge in [-0.25, -0.2) is 4.98 Å². The van der Waals surface area contributed by atoms with Gasteiger partial charge in [-0.05, 0) is 27.0 Å². The standard InChI is InChI=1S/C13H17ClN4/c1-8(7-15-3)5-10-6-11-9(2)17-18(4)13(11)16-12(10)14/h5-6,15H,7H2,1-4H3. The van der Waals surface area contributed by atoms with Crippen molar-refractivity contribution in [3.8, 4) is 0 Å². The minimum absolute atomic E-state index is 0.515.